The lowest BCUT2D eigenvalue weighted by Crippen LogP contribution is -2.67. The van der Waals surface area contributed by atoms with E-state index >= 15 is 0 Å². The van der Waals surface area contributed by atoms with Gasteiger partial charge < -0.3 is 15.3 Å². The number of carbonyl (C=O) groups is 1. The van der Waals surface area contributed by atoms with Gasteiger partial charge in [-0.15, -0.1) is 0 Å². The van der Waals surface area contributed by atoms with Crippen molar-refractivity contribution in [2.45, 2.75) is 118 Å². The topological polar surface area (TPSA) is 77.8 Å². The monoisotopic (exact) mass is 472 g/mol. The Morgan fingerprint density at radius 2 is 1.53 bits per heavy atom. The van der Waals surface area contributed by atoms with Crippen LogP contribution in [0, 0.1) is 50.2 Å². The molecular formula is C30H48O4. The number of carboxylic acid groups (broad SMARTS) is 1. The molecule has 0 bridgehead atoms. The summed E-state index contributed by atoms with van der Waals surface area (Å²) >= 11 is 0. The van der Waals surface area contributed by atoms with Crippen LogP contribution < -0.4 is 0 Å². The fourth-order valence-corrected chi connectivity index (χ4v) is 10.7. The maximum atomic E-state index is 12.8. The number of aliphatic hydroxyl groups is 2. The van der Waals surface area contributed by atoms with Crippen LogP contribution in [-0.2, 0) is 4.79 Å². The van der Waals surface area contributed by atoms with Gasteiger partial charge in [0.05, 0.1) is 12.2 Å². The van der Waals surface area contributed by atoms with Crippen molar-refractivity contribution in [2.24, 2.45) is 50.2 Å². The first kappa shape index (κ1) is 24.8. The zero-order valence-corrected chi connectivity index (χ0v) is 22.6. The fourth-order valence-electron chi connectivity index (χ4n) is 10.7. The number of hydrogen-bond acceptors (Lipinski definition) is 3. The van der Waals surface area contributed by atoms with Crippen molar-refractivity contribution < 1.29 is 20.1 Å². The molecule has 5 unspecified atom stereocenters. The molecular weight excluding hydrogens is 424 g/mol. The molecule has 0 aliphatic heterocycles. The number of fused-ring (bicyclic) bond motifs is 7. The van der Waals surface area contributed by atoms with Gasteiger partial charge in [0.15, 0.2) is 0 Å². The van der Waals surface area contributed by atoms with Crippen LogP contribution in [0.5, 0.6) is 0 Å². The molecule has 0 heterocycles. The summed E-state index contributed by atoms with van der Waals surface area (Å²) in [5.41, 5.74) is 0.295. The van der Waals surface area contributed by atoms with E-state index in [-0.39, 0.29) is 39.1 Å². The second kappa shape index (κ2) is 7.12. The van der Waals surface area contributed by atoms with Crippen molar-refractivity contribution in [1.82, 2.24) is 0 Å². The molecule has 0 radical (unpaired) electrons. The Bertz CT molecular complexity index is 919. The van der Waals surface area contributed by atoms with E-state index in [4.69, 9.17) is 0 Å². The van der Waals surface area contributed by atoms with Gasteiger partial charge in [0.25, 0.3) is 0 Å². The van der Waals surface area contributed by atoms with Crippen molar-refractivity contribution in [3.05, 3.63) is 11.6 Å². The Morgan fingerprint density at radius 3 is 2.18 bits per heavy atom. The van der Waals surface area contributed by atoms with Gasteiger partial charge in [-0.2, -0.15) is 0 Å². The summed E-state index contributed by atoms with van der Waals surface area (Å²) in [7, 11) is 0. The molecule has 192 valence electrons. The number of carboxylic acids is 1. The summed E-state index contributed by atoms with van der Waals surface area (Å²) in [6, 6.07) is 0. The normalized spacial score (nSPS) is 53.4. The van der Waals surface area contributed by atoms with E-state index in [1.807, 2.05) is 0 Å². The van der Waals surface area contributed by atoms with Gasteiger partial charge in [0.2, 0.25) is 0 Å². The second-order valence-corrected chi connectivity index (χ2v) is 15.2. The predicted molar refractivity (Wildman–Crippen MR) is 134 cm³/mol. The summed E-state index contributed by atoms with van der Waals surface area (Å²) < 4.78 is 0. The molecule has 4 fully saturated rings. The lowest BCUT2D eigenvalue weighted by Gasteiger charge is -2.71. The number of aliphatic hydroxyl groups excluding tert-OH is 2. The van der Waals surface area contributed by atoms with Crippen LogP contribution in [0.2, 0.25) is 0 Å². The van der Waals surface area contributed by atoms with Gasteiger partial charge >= 0.3 is 5.97 Å². The van der Waals surface area contributed by atoms with Crippen molar-refractivity contribution in [1.29, 1.82) is 0 Å². The molecule has 3 N–H and O–H groups in total. The predicted octanol–water partition coefficient (Wildman–Crippen LogP) is 6.20. The Morgan fingerprint density at radius 1 is 0.853 bits per heavy atom. The van der Waals surface area contributed by atoms with E-state index in [2.05, 4.69) is 54.5 Å². The fraction of sp³-hybridized carbons (Fsp3) is 0.900. The van der Waals surface area contributed by atoms with Crippen LogP contribution in [0.4, 0.5) is 0 Å². The van der Waals surface area contributed by atoms with E-state index in [0.717, 1.165) is 44.9 Å². The van der Waals surface area contributed by atoms with Gasteiger partial charge in [-0.1, -0.05) is 60.1 Å². The van der Waals surface area contributed by atoms with Crippen LogP contribution in [0.25, 0.3) is 0 Å². The lowest BCUT2D eigenvalue weighted by molar-refractivity contribution is -0.218. The van der Waals surface area contributed by atoms with Gasteiger partial charge in [0, 0.05) is 0 Å². The van der Waals surface area contributed by atoms with E-state index in [1.54, 1.807) is 0 Å². The molecule has 0 aromatic rings. The van der Waals surface area contributed by atoms with Crippen LogP contribution in [0.1, 0.15) is 106 Å². The largest absolute Gasteiger partial charge is 0.481 e. The molecule has 0 amide bonds. The Kier molecular flexibility index (Phi) is 5.20. The molecule has 0 saturated heterocycles. The highest BCUT2D eigenvalue weighted by Gasteiger charge is 2.71. The van der Waals surface area contributed by atoms with Gasteiger partial charge in [-0.05, 0) is 103 Å². The zero-order chi connectivity index (χ0) is 25.1. The molecule has 9 atom stereocenters. The number of hydrogen-bond donors (Lipinski definition) is 3. The summed E-state index contributed by atoms with van der Waals surface area (Å²) in [6.45, 7) is 16.4. The van der Waals surface area contributed by atoms with E-state index in [1.165, 1.54) is 5.57 Å². The molecule has 5 aliphatic carbocycles. The number of aliphatic carboxylic acids is 1. The minimum atomic E-state index is -1.04. The van der Waals surface area contributed by atoms with E-state index in [9.17, 15) is 20.1 Å². The molecule has 0 spiro atoms. The summed E-state index contributed by atoms with van der Waals surface area (Å²) in [6.07, 6.45) is 9.35. The molecule has 0 aromatic heterocycles. The Balaban J connectivity index is 1.63. The van der Waals surface area contributed by atoms with Crippen LogP contribution in [-0.4, -0.2) is 33.5 Å². The SMILES string of the molecule is CC1(C)CCC2(C(=O)O)C(C1)C1=CCC3C4(C)CCC(O)C(C)(C)[C@H]4CC[C@@]3(C)[C@]1(C)C[C@@H]2O. The van der Waals surface area contributed by atoms with Crippen molar-refractivity contribution in [2.75, 3.05) is 0 Å². The molecule has 0 aromatic carbocycles. The number of allylic oxidation sites excluding steroid dienone is 2. The van der Waals surface area contributed by atoms with E-state index in [0.29, 0.717) is 24.7 Å². The van der Waals surface area contributed by atoms with Crippen molar-refractivity contribution >= 4 is 5.97 Å². The molecule has 4 saturated carbocycles. The maximum absolute atomic E-state index is 12.8. The summed E-state index contributed by atoms with van der Waals surface area (Å²) in [4.78, 5) is 12.8. The van der Waals surface area contributed by atoms with Crippen LogP contribution in [0.3, 0.4) is 0 Å². The van der Waals surface area contributed by atoms with Crippen molar-refractivity contribution in [3.8, 4) is 0 Å². The van der Waals surface area contributed by atoms with Gasteiger partial charge in [0.1, 0.15) is 5.41 Å². The standard InChI is InChI=1S/C30H48O4/c1-25(2)14-15-30(24(33)34)19(16-25)18-8-9-21-27(5)12-11-22(31)26(3,4)20(27)10-13-28(21,6)29(18,7)17-23(30)32/h8,19-23,31-32H,9-17H2,1-7H3,(H,33,34)/t19?,20-,21?,22?,23+,27?,28-,29-,30?/m1/s1. The van der Waals surface area contributed by atoms with Gasteiger partial charge in [-0.3, -0.25) is 4.79 Å². The molecule has 4 heteroatoms. The zero-order valence-electron chi connectivity index (χ0n) is 22.6. The smallest absolute Gasteiger partial charge is 0.312 e. The first-order valence-electron chi connectivity index (χ1n) is 13.9. The van der Waals surface area contributed by atoms with Crippen LogP contribution in [0.15, 0.2) is 11.6 Å². The average Bonchev–Trinajstić information content (AvgIpc) is 2.71. The summed E-state index contributed by atoms with van der Waals surface area (Å²) in [5, 5.41) is 33.1. The second-order valence-electron chi connectivity index (χ2n) is 15.2. The lowest BCUT2D eigenvalue weighted by atomic mass is 9.33. The highest BCUT2D eigenvalue weighted by molar-refractivity contribution is 5.77. The molecule has 5 aliphatic rings. The first-order chi connectivity index (χ1) is 15.6. The van der Waals surface area contributed by atoms with Gasteiger partial charge in [-0.25, -0.2) is 0 Å². The minimum absolute atomic E-state index is 0.0218. The maximum Gasteiger partial charge on any atom is 0.312 e. The highest BCUT2D eigenvalue weighted by atomic mass is 16.4. The minimum Gasteiger partial charge on any atom is -0.481 e. The quantitative estimate of drug-likeness (QED) is 0.397. The third-order valence-corrected chi connectivity index (χ3v) is 13.1. The van der Waals surface area contributed by atoms with E-state index < -0.39 is 17.5 Å². The van der Waals surface area contributed by atoms with Crippen molar-refractivity contribution in [3.63, 3.8) is 0 Å². The molecule has 4 nitrogen and oxygen atoms in total. The average molecular weight is 473 g/mol. The molecule has 34 heavy (non-hydrogen) atoms. The Hall–Kier alpha value is -0.870. The van der Waals surface area contributed by atoms with Crippen LogP contribution >= 0.6 is 0 Å². The third kappa shape index (κ3) is 2.82. The third-order valence-electron chi connectivity index (χ3n) is 13.1. The summed E-state index contributed by atoms with van der Waals surface area (Å²) in [5.74, 6) is 0.0888. The number of rotatable bonds is 1. The first-order valence-corrected chi connectivity index (χ1v) is 13.9. The Labute approximate surface area is 206 Å². The molecule has 5 rings (SSSR count). The highest BCUT2D eigenvalue weighted by Crippen LogP contribution is 2.75.